The van der Waals surface area contributed by atoms with E-state index >= 15 is 0 Å². The van der Waals surface area contributed by atoms with Crippen LogP contribution in [0.15, 0.2) is 11.0 Å². The standard InChI is InChI=1S/C15H19ClN6O/c16-13-11(9-17-20-15(13)23)21-8-4-5-10(21)14-19-18-12-6-2-1-3-7-22(12)14/h9-10H,1-8H2,(H,20,23). The second kappa shape index (κ2) is 5.96. The van der Waals surface area contributed by atoms with Gasteiger partial charge in [0.2, 0.25) is 0 Å². The normalized spacial score (nSPS) is 21.3. The predicted octanol–water partition coefficient (Wildman–Crippen LogP) is 2.08. The number of aromatic nitrogens is 5. The van der Waals surface area contributed by atoms with Crippen molar-refractivity contribution >= 4 is 17.3 Å². The third-order valence-corrected chi connectivity index (χ3v) is 5.14. The number of halogens is 1. The minimum absolute atomic E-state index is 0.107. The Morgan fingerprint density at radius 2 is 2.09 bits per heavy atom. The molecular formula is C15H19ClN6O. The third kappa shape index (κ3) is 2.52. The minimum Gasteiger partial charge on any atom is -0.359 e. The van der Waals surface area contributed by atoms with Crippen LogP contribution in [0, 0.1) is 0 Å². The lowest BCUT2D eigenvalue weighted by molar-refractivity contribution is 0.559. The molecule has 4 rings (SSSR count). The van der Waals surface area contributed by atoms with Gasteiger partial charge in [-0.2, -0.15) is 5.10 Å². The number of anilines is 1. The van der Waals surface area contributed by atoms with Crippen LogP contribution in [0.5, 0.6) is 0 Å². The van der Waals surface area contributed by atoms with Crippen molar-refractivity contribution in [2.45, 2.75) is 51.1 Å². The van der Waals surface area contributed by atoms with Crippen LogP contribution >= 0.6 is 11.6 Å². The molecule has 122 valence electrons. The molecule has 1 atom stereocenters. The number of hydrogen-bond acceptors (Lipinski definition) is 5. The molecule has 23 heavy (non-hydrogen) atoms. The average Bonchev–Trinajstić information content (AvgIpc) is 3.11. The first-order valence-electron chi connectivity index (χ1n) is 8.17. The highest BCUT2D eigenvalue weighted by atomic mass is 35.5. The van der Waals surface area contributed by atoms with Gasteiger partial charge >= 0.3 is 0 Å². The second-order valence-corrected chi connectivity index (χ2v) is 6.56. The van der Waals surface area contributed by atoms with Gasteiger partial charge in [0, 0.05) is 19.5 Å². The van der Waals surface area contributed by atoms with Gasteiger partial charge in [-0.3, -0.25) is 4.79 Å². The molecule has 0 saturated carbocycles. The van der Waals surface area contributed by atoms with Crippen LogP contribution in [0.1, 0.15) is 49.8 Å². The Balaban J connectivity index is 1.73. The maximum absolute atomic E-state index is 11.8. The Hall–Kier alpha value is -1.89. The van der Waals surface area contributed by atoms with Gasteiger partial charge < -0.3 is 9.47 Å². The number of aryl methyl sites for hydroxylation is 1. The molecule has 2 aromatic rings. The highest BCUT2D eigenvalue weighted by Gasteiger charge is 2.33. The summed E-state index contributed by atoms with van der Waals surface area (Å²) in [6, 6.07) is 0.107. The maximum Gasteiger partial charge on any atom is 0.285 e. The molecule has 0 amide bonds. The summed E-state index contributed by atoms with van der Waals surface area (Å²) in [6.45, 7) is 1.82. The van der Waals surface area contributed by atoms with Gasteiger partial charge in [-0.1, -0.05) is 18.0 Å². The Bertz CT molecular complexity index is 770. The van der Waals surface area contributed by atoms with Crippen molar-refractivity contribution in [1.82, 2.24) is 25.0 Å². The van der Waals surface area contributed by atoms with E-state index in [2.05, 4.69) is 29.9 Å². The quantitative estimate of drug-likeness (QED) is 0.909. The Kier molecular flexibility index (Phi) is 3.80. The molecular weight excluding hydrogens is 316 g/mol. The topological polar surface area (TPSA) is 79.7 Å². The Morgan fingerprint density at radius 3 is 3.00 bits per heavy atom. The zero-order valence-electron chi connectivity index (χ0n) is 12.8. The van der Waals surface area contributed by atoms with E-state index in [9.17, 15) is 4.79 Å². The SMILES string of the molecule is O=c1[nH]ncc(N2CCCC2c2nnc3n2CCCCC3)c1Cl. The van der Waals surface area contributed by atoms with Crippen LogP contribution in [0.25, 0.3) is 0 Å². The van der Waals surface area contributed by atoms with Crippen LogP contribution in [0.2, 0.25) is 5.02 Å². The molecule has 4 heterocycles. The van der Waals surface area contributed by atoms with Crippen molar-refractivity contribution in [2.75, 3.05) is 11.4 Å². The smallest absolute Gasteiger partial charge is 0.285 e. The first-order valence-corrected chi connectivity index (χ1v) is 8.55. The Labute approximate surface area is 138 Å². The lowest BCUT2D eigenvalue weighted by Gasteiger charge is -2.26. The highest BCUT2D eigenvalue weighted by molar-refractivity contribution is 6.33. The molecule has 1 fully saturated rings. The molecule has 0 radical (unpaired) electrons. The van der Waals surface area contributed by atoms with Crippen molar-refractivity contribution < 1.29 is 0 Å². The fourth-order valence-electron chi connectivity index (χ4n) is 3.65. The average molecular weight is 335 g/mol. The number of H-pyrrole nitrogens is 1. The molecule has 7 nitrogen and oxygen atoms in total. The monoisotopic (exact) mass is 334 g/mol. The molecule has 0 bridgehead atoms. The van der Waals surface area contributed by atoms with Gasteiger partial charge in [-0.15, -0.1) is 10.2 Å². The highest BCUT2D eigenvalue weighted by Crippen LogP contribution is 2.37. The molecule has 2 aromatic heterocycles. The van der Waals surface area contributed by atoms with E-state index in [1.807, 2.05) is 0 Å². The lowest BCUT2D eigenvalue weighted by atomic mass is 10.2. The van der Waals surface area contributed by atoms with Crippen molar-refractivity contribution in [3.05, 3.63) is 33.2 Å². The number of fused-ring (bicyclic) bond motifs is 1. The molecule has 8 heteroatoms. The summed E-state index contributed by atoms with van der Waals surface area (Å²) in [6.07, 6.45) is 8.22. The van der Waals surface area contributed by atoms with Gasteiger partial charge in [-0.05, 0) is 25.7 Å². The number of nitrogens with zero attached hydrogens (tertiary/aromatic N) is 5. The van der Waals surface area contributed by atoms with E-state index in [-0.39, 0.29) is 16.6 Å². The zero-order chi connectivity index (χ0) is 15.8. The summed E-state index contributed by atoms with van der Waals surface area (Å²) < 4.78 is 2.27. The van der Waals surface area contributed by atoms with Crippen LogP contribution in [0.3, 0.4) is 0 Å². The van der Waals surface area contributed by atoms with Gasteiger partial charge in [0.05, 0.1) is 17.9 Å². The number of nitrogens with one attached hydrogen (secondary N) is 1. The lowest BCUT2D eigenvalue weighted by Crippen LogP contribution is -2.27. The molecule has 2 aliphatic rings. The molecule has 0 aliphatic carbocycles. The van der Waals surface area contributed by atoms with E-state index in [0.29, 0.717) is 5.69 Å². The zero-order valence-corrected chi connectivity index (χ0v) is 13.6. The summed E-state index contributed by atoms with van der Waals surface area (Å²) in [5.41, 5.74) is 0.332. The van der Waals surface area contributed by atoms with Crippen molar-refractivity contribution in [3.8, 4) is 0 Å². The van der Waals surface area contributed by atoms with E-state index in [1.54, 1.807) is 6.20 Å². The van der Waals surface area contributed by atoms with E-state index in [4.69, 9.17) is 11.6 Å². The Morgan fingerprint density at radius 1 is 1.17 bits per heavy atom. The first kappa shape index (κ1) is 14.7. The molecule has 2 aliphatic heterocycles. The predicted molar refractivity (Wildman–Crippen MR) is 86.8 cm³/mol. The number of rotatable bonds is 2. The van der Waals surface area contributed by atoms with Crippen LogP contribution in [-0.2, 0) is 13.0 Å². The number of hydrogen-bond donors (Lipinski definition) is 1. The fourth-order valence-corrected chi connectivity index (χ4v) is 3.85. The van der Waals surface area contributed by atoms with Gasteiger partial charge in [0.15, 0.2) is 5.82 Å². The third-order valence-electron chi connectivity index (χ3n) is 4.78. The summed E-state index contributed by atoms with van der Waals surface area (Å²) in [4.78, 5) is 13.9. The summed E-state index contributed by atoms with van der Waals surface area (Å²) in [5.74, 6) is 2.08. The van der Waals surface area contributed by atoms with Gasteiger partial charge in [0.1, 0.15) is 10.8 Å². The molecule has 1 saturated heterocycles. The van der Waals surface area contributed by atoms with Crippen LogP contribution < -0.4 is 10.5 Å². The van der Waals surface area contributed by atoms with E-state index < -0.39 is 0 Å². The summed E-state index contributed by atoms with van der Waals surface area (Å²) >= 11 is 6.20. The fraction of sp³-hybridized carbons (Fsp3) is 0.600. The minimum atomic E-state index is -0.352. The maximum atomic E-state index is 11.8. The molecule has 1 unspecified atom stereocenters. The number of aromatic amines is 1. The first-order chi connectivity index (χ1) is 11.3. The van der Waals surface area contributed by atoms with Crippen molar-refractivity contribution in [2.24, 2.45) is 0 Å². The summed E-state index contributed by atoms with van der Waals surface area (Å²) in [5, 5.41) is 15.3. The van der Waals surface area contributed by atoms with Crippen molar-refractivity contribution in [1.29, 1.82) is 0 Å². The summed E-state index contributed by atoms with van der Waals surface area (Å²) in [7, 11) is 0. The van der Waals surface area contributed by atoms with Crippen LogP contribution in [-0.4, -0.2) is 31.5 Å². The molecule has 0 aromatic carbocycles. The van der Waals surface area contributed by atoms with E-state index in [0.717, 1.165) is 50.4 Å². The van der Waals surface area contributed by atoms with Gasteiger partial charge in [0.25, 0.3) is 5.56 Å². The molecule has 1 N–H and O–H groups in total. The van der Waals surface area contributed by atoms with Crippen LogP contribution in [0.4, 0.5) is 5.69 Å². The van der Waals surface area contributed by atoms with Gasteiger partial charge in [-0.25, -0.2) is 5.10 Å². The van der Waals surface area contributed by atoms with Crippen molar-refractivity contribution in [3.63, 3.8) is 0 Å². The largest absolute Gasteiger partial charge is 0.359 e. The second-order valence-electron chi connectivity index (χ2n) is 6.19. The molecule has 0 spiro atoms. The van der Waals surface area contributed by atoms with E-state index in [1.165, 1.54) is 12.8 Å².